The highest BCUT2D eigenvalue weighted by Crippen LogP contribution is 2.28. The van der Waals surface area contributed by atoms with Gasteiger partial charge in [-0.05, 0) is 60.3 Å². The number of aryl methyl sites for hydroxylation is 1. The summed E-state index contributed by atoms with van der Waals surface area (Å²) >= 11 is 3.37. The van der Waals surface area contributed by atoms with Crippen molar-refractivity contribution in [1.29, 1.82) is 0 Å². The molecular weight excluding hydrogens is 340 g/mol. The Balaban J connectivity index is 3.25. The first-order valence-corrected chi connectivity index (χ1v) is 8.93. The number of rotatable bonds is 6. The van der Waals surface area contributed by atoms with Gasteiger partial charge in [0.1, 0.15) is 0 Å². The van der Waals surface area contributed by atoms with E-state index in [-0.39, 0.29) is 4.90 Å². The van der Waals surface area contributed by atoms with Crippen LogP contribution in [0.15, 0.2) is 21.5 Å². The van der Waals surface area contributed by atoms with E-state index >= 15 is 0 Å². The van der Waals surface area contributed by atoms with E-state index < -0.39 is 15.6 Å². The standard InChI is InChI=1S/C14H23BrN2O2S/c1-5-6-14(3,4)17-20(18,19)12-8-11(9-16)7-10(2)13(12)15/h7-8,17H,5-6,9,16H2,1-4H3. The lowest BCUT2D eigenvalue weighted by Crippen LogP contribution is -2.43. The van der Waals surface area contributed by atoms with Gasteiger partial charge in [-0.1, -0.05) is 19.4 Å². The molecule has 1 rings (SSSR count). The van der Waals surface area contributed by atoms with Crippen LogP contribution in [0.1, 0.15) is 44.7 Å². The van der Waals surface area contributed by atoms with Crippen LogP contribution in [0.2, 0.25) is 0 Å². The number of sulfonamides is 1. The van der Waals surface area contributed by atoms with E-state index in [0.29, 0.717) is 11.0 Å². The number of nitrogens with two attached hydrogens (primary N) is 1. The summed E-state index contributed by atoms with van der Waals surface area (Å²) in [6.07, 6.45) is 1.69. The molecule has 0 bridgehead atoms. The molecule has 0 saturated heterocycles. The van der Waals surface area contributed by atoms with Crippen molar-refractivity contribution in [1.82, 2.24) is 4.72 Å². The molecule has 0 aromatic heterocycles. The minimum absolute atomic E-state index is 0.252. The van der Waals surface area contributed by atoms with Crippen molar-refractivity contribution in [3.8, 4) is 0 Å². The second-order valence-electron chi connectivity index (χ2n) is 5.67. The highest BCUT2D eigenvalue weighted by atomic mass is 79.9. The Kier molecular flexibility index (Phi) is 5.78. The number of nitrogens with one attached hydrogen (secondary N) is 1. The van der Waals surface area contributed by atoms with Gasteiger partial charge in [0, 0.05) is 16.6 Å². The minimum atomic E-state index is -3.58. The molecule has 3 N–H and O–H groups in total. The van der Waals surface area contributed by atoms with E-state index in [1.165, 1.54) is 0 Å². The largest absolute Gasteiger partial charge is 0.326 e. The van der Waals surface area contributed by atoms with Crippen LogP contribution < -0.4 is 10.5 Å². The van der Waals surface area contributed by atoms with Crippen molar-refractivity contribution in [2.45, 2.75) is 57.5 Å². The second-order valence-corrected chi connectivity index (χ2v) is 8.11. The summed E-state index contributed by atoms with van der Waals surface area (Å²) in [5.41, 5.74) is 6.82. The van der Waals surface area contributed by atoms with Crippen LogP contribution in [0.3, 0.4) is 0 Å². The fourth-order valence-corrected chi connectivity index (χ4v) is 4.73. The molecule has 0 radical (unpaired) electrons. The summed E-state index contributed by atoms with van der Waals surface area (Å²) in [6.45, 7) is 7.99. The summed E-state index contributed by atoms with van der Waals surface area (Å²) in [5, 5.41) is 0. The number of benzene rings is 1. The van der Waals surface area contributed by atoms with Gasteiger partial charge in [0.25, 0.3) is 0 Å². The van der Waals surface area contributed by atoms with Gasteiger partial charge in [-0.3, -0.25) is 0 Å². The molecular formula is C14H23BrN2O2S. The highest BCUT2D eigenvalue weighted by Gasteiger charge is 2.27. The predicted octanol–water partition coefficient (Wildman–Crippen LogP) is 3.07. The Hall–Kier alpha value is -0.430. The third-order valence-electron chi connectivity index (χ3n) is 3.09. The van der Waals surface area contributed by atoms with Gasteiger partial charge in [0.2, 0.25) is 10.0 Å². The van der Waals surface area contributed by atoms with Crippen LogP contribution >= 0.6 is 15.9 Å². The molecule has 0 aliphatic rings. The zero-order valence-electron chi connectivity index (χ0n) is 12.5. The van der Waals surface area contributed by atoms with Gasteiger partial charge in [-0.15, -0.1) is 0 Å². The van der Waals surface area contributed by atoms with Crippen LogP contribution in [0, 0.1) is 6.92 Å². The van der Waals surface area contributed by atoms with Gasteiger partial charge in [0.05, 0.1) is 4.90 Å². The third kappa shape index (κ3) is 4.28. The Morgan fingerprint density at radius 3 is 2.45 bits per heavy atom. The van der Waals surface area contributed by atoms with Crippen LogP contribution in [-0.4, -0.2) is 14.0 Å². The molecule has 1 aromatic rings. The van der Waals surface area contributed by atoms with Crippen molar-refractivity contribution in [2.24, 2.45) is 5.73 Å². The van der Waals surface area contributed by atoms with Crippen LogP contribution in [0.4, 0.5) is 0 Å². The van der Waals surface area contributed by atoms with E-state index in [1.54, 1.807) is 6.07 Å². The number of hydrogen-bond donors (Lipinski definition) is 2. The average molecular weight is 363 g/mol. The van der Waals surface area contributed by atoms with Crippen LogP contribution in [0.5, 0.6) is 0 Å². The van der Waals surface area contributed by atoms with Gasteiger partial charge in [-0.2, -0.15) is 0 Å². The molecule has 0 heterocycles. The fraction of sp³-hybridized carbons (Fsp3) is 0.571. The molecule has 6 heteroatoms. The van der Waals surface area contributed by atoms with Crippen LogP contribution in [0.25, 0.3) is 0 Å². The van der Waals surface area contributed by atoms with Crippen molar-refractivity contribution in [3.05, 3.63) is 27.7 Å². The average Bonchev–Trinajstić information content (AvgIpc) is 2.30. The van der Waals surface area contributed by atoms with Crippen molar-refractivity contribution >= 4 is 26.0 Å². The molecule has 114 valence electrons. The van der Waals surface area contributed by atoms with Crippen molar-refractivity contribution in [3.63, 3.8) is 0 Å². The fourth-order valence-electron chi connectivity index (χ4n) is 2.22. The van der Waals surface area contributed by atoms with Gasteiger partial charge < -0.3 is 5.73 Å². The molecule has 1 aromatic carbocycles. The summed E-state index contributed by atoms with van der Waals surface area (Å²) in [6, 6.07) is 3.52. The Bertz CT molecular complexity index is 583. The van der Waals surface area contributed by atoms with E-state index in [0.717, 1.165) is 24.0 Å². The summed E-state index contributed by atoms with van der Waals surface area (Å²) < 4.78 is 28.5. The Labute approximate surface area is 130 Å². The molecule has 20 heavy (non-hydrogen) atoms. The van der Waals surface area contributed by atoms with Gasteiger partial charge in [-0.25, -0.2) is 13.1 Å². The molecule has 0 aliphatic carbocycles. The first kappa shape index (κ1) is 17.6. The molecule has 0 unspecified atom stereocenters. The Morgan fingerprint density at radius 1 is 1.35 bits per heavy atom. The summed E-state index contributed by atoms with van der Waals surface area (Å²) in [4.78, 5) is 0.252. The topological polar surface area (TPSA) is 72.2 Å². The first-order chi connectivity index (χ1) is 9.13. The molecule has 4 nitrogen and oxygen atoms in total. The maximum Gasteiger partial charge on any atom is 0.242 e. The molecule has 0 amide bonds. The first-order valence-electron chi connectivity index (χ1n) is 6.66. The van der Waals surface area contributed by atoms with E-state index in [1.807, 2.05) is 33.8 Å². The quantitative estimate of drug-likeness (QED) is 0.816. The molecule has 0 saturated carbocycles. The van der Waals surface area contributed by atoms with E-state index in [4.69, 9.17) is 5.73 Å². The van der Waals surface area contributed by atoms with Crippen LogP contribution in [-0.2, 0) is 16.6 Å². The second kappa shape index (κ2) is 6.56. The lowest BCUT2D eigenvalue weighted by Gasteiger charge is -2.26. The molecule has 0 fully saturated rings. The number of halogens is 1. The minimum Gasteiger partial charge on any atom is -0.326 e. The monoisotopic (exact) mass is 362 g/mol. The SMILES string of the molecule is CCCC(C)(C)NS(=O)(=O)c1cc(CN)cc(C)c1Br. The maximum atomic E-state index is 12.6. The summed E-state index contributed by atoms with van der Waals surface area (Å²) in [5.74, 6) is 0. The zero-order valence-corrected chi connectivity index (χ0v) is 14.9. The molecule has 0 atom stereocenters. The van der Waals surface area contributed by atoms with E-state index in [2.05, 4.69) is 20.7 Å². The molecule has 0 aliphatic heterocycles. The predicted molar refractivity (Wildman–Crippen MR) is 86.1 cm³/mol. The van der Waals surface area contributed by atoms with Crippen molar-refractivity contribution in [2.75, 3.05) is 0 Å². The normalized spacial score (nSPS) is 12.7. The Morgan fingerprint density at radius 2 is 1.95 bits per heavy atom. The van der Waals surface area contributed by atoms with Crippen molar-refractivity contribution < 1.29 is 8.42 Å². The third-order valence-corrected chi connectivity index (χ3v) is 6.13. The highest BCUT2D eigenvalue weighted by molar-refractivity contribution is 9.10. The molecule has 0 spiro atoms. The lowest BCUT2D eigenvalue weighted by atomic mass is 10.0. The maximum absolute atomic E-state index is 12.6. The van der Waals surface area contributed by atoms with Gasteiger partial charge >= 0.3 is 0 Å². The van der Waals surface area contributed by atoms with E-state index in [9.17, 15) is 8.42 Å². The summed E-state index contributed by atoms with van der Waals surface area (Å²) in [7, 11) is -3.58. The lowest BCUT2D eigenvalue weighted by molar-refractivity contribution is 0.417. The smallest absolute Gasteiger partial charge is 0.242 e. The zero-order chi connectivity index (χ0) is 15.6. The number of hydrogen-bond acceptors (Lipinski definition) is 3. The van der Waals surface area contributed by atoms with Gasteiger partial charge in [0.15, 0.2) is 0 Å².